The Kier molecular flexibility index (Phi) is 7.04. The fraction of sp³-hybridized carbons (Fsp3) is 0.875. The third kappa shape index (κ3) is 5.29. The van der Waals surface area contributed by atoms with Gasteiger partial charge in [0.1, 0.15) is 12.2 Å². The van der Waals surface area contributed by atoms with E-state index in [2.05, 4.69) is 52.6 Å². The number of thioether (sulfide) groups is 1. The van der Waals surface area contributed by atoms with Crippen molar-refractivity contribution in [3.05, 3.63) is 12.2 Å². The van der Waals surface area contributed by atoms with E-state index >= 15 is 0 Å². The van der Waals surface area contributed by atoms with Gasteiger partial charge in [0.05, 0.1) is 0 Å². The first-order valence-electron chi connectivity index (χ1n) is 8.44. The van der Waals surface area contributed by atoms with Gasteiger partial charge in [-0.15, -0.1) is 0 Å². The summed E-state index contributed by atoms with van der Waals surface area (Å²) in [6.07, 6.45) is 9.52. The molecule has 120 valence electrons. The van der Waals surface area contributed by atoms with Crippen LogP contribution in [0.1, 0.15) is 64.7 Å². The second-order valence-corrected chi connectivity index (χ2v) is 7.64. The standard InChI is InChI=1S/C16H30N4S/c1-4-9-17-14(11-21-15-7-5-6-8-15)10-16-18-12-19-20(16)13(2)3/h12-15,17H,4-11H2,1-3H3. The van der Waals surface area contributed by atoms with Crippen molar-refractivity contribution >= 4 is 11.8 Å². The number of rotatable bonds is 9. The molecule has 0 amide bonds. The van der Waals surface area contributed by atoms with Crippen molar-refractivity contribution in [2.45, 2.75) is 76.6 Å². The Balaban J connectivity index is 1.89. The lowest BCUT2D eigenvalue weighted by molar-refractivity contribution is 0.472. The van der Waals surface area contributed by atoms with Crippen LogP contribution in [-0.4, -0.2) is 38.4 Å². The maximum atomic E-state index is 4.47. The molecule has 1 aromatic rings. The molecule has 1 saturated carbocycles. The summed E-state index contributed by atoms with van der Waals surface area (Å²) in [6.45, 7) is 7.65. The molecule has 2 rings (SSSR count). The van der Waals surface area contributed by atoms with Crippen LogP contribution in [0.15, 0.2) is 6.33 Å². The van der Waals surface area contributed by atoms with Gasteiger partial charge in [-0.05, 0) is 39.7 Å². The van der Waals surface area contributed by atoms with Crippen LogP contribution in [0.3, 0.4) is 0 Å². The van der Waals surface area contributed by atoms with E-state index in [1.54, 1.807) is 6.33 Å². The lowest BCUT2D eigenvalue weighted by Crippen LogP contribution is -2.35. The SMILES string of the molecule is CCCNC(CSC1CCCC1)Cc1ncnn1C(C)C. The molecule has 1 unspecified atom stereocenters. The Hall–Kier alpha value is -0.550. The molecule has 0 bridgehead atoms. The predicted molar refractivity (Wildman–Crippen MR) is 90.9 cm³/mol. The number of hydrogen-bond acceptors (Lipinski definition) is 4. The van der Waals surface area contributed by atoms with Crippen LogP contribution in [0.25, 0.3) is 0 Å². The van der Waals surface area contributed by atoms with Gasteiger partial charge < -0.3 is 5.32 Å². The molecule has 5 heteroatoms. The van der Waals surface area contributed by atoms with Crippen LogP contribution in [0.2, 0.25) is 0 Å². The monoisotopic (exact) mass is 310 g/mol. The maximum absolute atomic E-state index is 4.47. The normalized spacial score (nSPS) is 17.7. The number of hydrogen-bond donors (Lipinski definition) is 1. The molecule has 0 aromatic carbocycles. The summed E-state index contributed by atoms with van der Waals surface area (Å²) in [7, 11) is 0. The summed E-state index contributed by atoms with van der Waals surface area (Å²) in [5.74, 6) is 2.31. The molecule has 1 atom stereocenters. The minimum Gasteiger partial charge on any atom is -0.313 e. The fourth-order valence-corrected chi connectivity index (χ4v) is 4.32. The van der Waals surface area contributed by atoms with Crippen LogP contribution in [0.5, 0.6) is 0 Å². The Bertz CT molecular complexity index is 399. The van der Waals surface area contributed by atoms with Gasteiger partial charge in [0, 0.05) is 29.5 Å². The zero-order chi connectivity index (χ0) is 15.1. The van der Waals surface area contributed by atoms with E-state index < -0.39 is 0 Å². The minimum absolute atomic E-state index is 0.386. The van der Waals surface area contributed by atoms with E-state index in [0.717, 1.165) is 24.0 Å². The highest BCUT2D eigenvalue weighted by Crippen LogP contribution is 2.30. The Labute approximate surface area is 133 Å². The van der Waals surface area contributed by atoms with Crippen LogP contribution < -0.4 is 5.32 Å². The van der Waals surface area contributed by atoms with Gasteiger partial charge in [-0.3, -0.25) is 0 Å². The van der Waals surface area contributed by atoms with Crippen molar-refractivity contribution < 1.29 is 0 Å². The van der Waals surface area contributed by atoms with Crippen LogP contribution in [0, 0.1) is 0 Å². The molecular formula is C16H30N4S. The quantitative estimate of drug-likeness (QED) is 0.758. The van der Waals surface area contributed by atoms with Crippen molar-refractivity contribution in [1.29, 1.82) is 0 Å². The molecule has 0 saturated heterocycles. The summed E-state index contributed by atoms with van der Waals surface area (Å²) in [4.78, 5) is 4.47. The first-order valence-corrected chi connectivity index (χ1v) is 9.49. The molecule has 21 heavy (non-hydrogen) atoms. The smallest absolute Gasteiger partial charge is 0.138 e. The minimum atomic E-state index is 0.386. The fourth-order valence-electron chi connectivity index (χ4n) is 2.92. The van der Waals surface area contributed by atoms with Crippen LogP contribution in [0.4, 0.5) is 0 Å². The van der Waals surface area contributed by atoms with E-state index in [0.29, 0.717) is 12.1 Å². The van der Waals surface area contributed by atoms with Gasteiger partial charge in [-0.2, -0.15) is 16.9 Å². The van der Waals surface area contributed by atoms with Gasteiger partial charge in [0.15, 0.2) is 0 Å². The molecule has 0 radical (unpaired) electrons. The van der Waals surface area contributed by atoms with E-state index in [4.69, 9.17) is 0 Å². The molecule has 1 heterocycles. The molecule has 0 spiro atoms. The molecule has 1 aromatic heterocycles. The number of nitrogens with zero attached hydrogens (tertiary/aromatic N) is 3. The highest BCUT2D eigenvalue weighted by Gasteiger charge is 2.19. The highest BCUT2D eigenvalue weighted by atomic mass is 32.2. The Morgan fingerprint density at radius 3 is 2.81 bits per heavy atom. The first kappa shape index (κ1) is 16.8. The van der Waals surface area contributed by atoms with Crippen molar-refractivity contribution in [3.8, 4) is 0 Å². The lowest BCUT2D eigenvalue weighted by atomic mass is 10.2. The van der Waals surface area contributed by atoms with E-state index in [9.17, 15) is 0 Å². The molecular weight excluding hydrogens is 280 g/mol. The highest BCUT2D eigenvalue weighted by molar-refractivity contribution is 7.99. The third-order valence-electron chi connectivity index (χ3n) is 4.08. The van der Waals surface area contributed by atoms with Crippen molar-refractivity contribution in [2.75, 3.05) is 12.3 Å². The Morgan fingerprint density at radius 1 is 1.38 bits per heavy atom. The zero-order valence-electron chi connectivity index (χ0n) is 13.7. The molecule has 1 fully saturated rings. The van der Waals surface area contributed by atoms with E-state index in [-0.39, 0.29) is 0 Å². The molecule has 1 aliphatic rings. The van der Waals surface area contributed by atoms with Crippen molar-refractivity contribution in [1.82, 2.24) is 20.1 Å². The van der Waals surface area contributed by atoms with Crippen LogP contribution in [-0.2, 0) is 6.42 Å². The van der Waals surface area contributed by atoms with Crippen molar-refractivity contribution in [2.24, 2.45) is 0 Å². The van der Waals surface area contributed by atoms with Crippen molar-refractivity contribution in [3.63, 3.8) is 0 Å². The van der Waals surface area contributed by atoms with Gasteiger partial charge >= 0.3 is 0 Å². The zero-order valence-corrected chi connectivity index (χ0v) is 14.5. The first-order chi connectivity index (χ1) is 10.2. The number of nitrogens with one attached hydrogen (secondary N) is 1. The maximum Gasteiger partial charge on any atom is 0.138 e. The summed E-state index contributed by atoms with van der Waals surface area (Å²) < 4.78 is 2.06. The number of aromatic nitrogens is 3. The third-order valence-corrected chi connectivity index (χ3v) is 5.62. The molecule has 1 aliphatic carbocycles. The molecule has 1 N–H and O–H groups in total. The predicted octanol–water partition coefficient (Wildman–Crippen LogP) is 3.45. The average Bonchev–Trinajstić information content (AvgIpc) is 3.12. The summed E-state index contributed by atoms with van der Waals surface area (Å²) in [6, 6.07) is 0.897. The topological polar surface area (TPSA) is 42.7 Å². The Morgan fingerprint density at radius 2 is 2.14 bits per heavy atom. The van der Waals surface area contributed by atoms with Gasteiger partial charge in [-0.25, -0.2) is 9.67 Å². The largest absolute Gasteiger partial charge is 0.313 e. The average molecular weight is 311 g/mol. The summed E-state index contributed by atoms with van der Waals surface area (Å²) in [5.41, 5.74) is 0. The van der Waals surface area contributed by atoms with E-state index in [1.165, 1.54) is 37.9 Å². The second kappa shape index (κ2) is 8.79. The molecule has 0 aliphatic heterocycles. The van der Waals surface area contributed by atoms with Crippen LogP contribution >= 0.6 is 11.8 Å². The summed E-state index contributed by atoms with van der Waals surface area (Å²) >= 11 is 2.16. The van der Waals surface area contributed by atoms with Gasteiger partial charge in [0.2, 0.25) is 0 Å². The van der Waals surface area contributed by atoms with Gasteiger partial charge in [-0.1, -0.05) is 19.8 Å². The second-order valence-electron chi connectivity index (χ2n) is 6.31. The molecule has 4 nitrogen and oxygen atoms in total. The summed E-state index contributed by atoms with van der Waals surface area (Å²) in [5, 5.41) is 8.94. The van der Waals surface area contributed by atoms with Gasteiger partial charge in [0.25, 0.3) is 0 Å². The lowest BCUT2D eigenvalue weighted by Gasteiger charge is -2.20. The van der Waals surface area contributed by atoms with E-state index in [1.807, 2.05) is 0 Å².